The zero-order chi connectivity index (χ0) is 15.2. The Hall–Kier alpha value is -1.10. The highest BCUT2D eigenvalue weighted by molar-refractivity contribution is 5.79. The average Bonchev–Trinajstić information content (AvgIpc) is 2.49. The van der Waals surface area contributed by atoms with E-state index in [-0.39, 0.29) is 17.7 Å². The van der Waals surface area contributed by atoms with Crippen LogP contribution >= 0.6 is 0 Å². The van der Waals surface area contributed by atoms with E-state index in [1.54, 1.807) is 6.92 Å². The second-order valence-corrected chi connectivity index (χ2v) is 6.45. The molecule has 5 heteroatoms. The number of hydrogen-bond acceptors (Lipinski definition) is 3. The van der Waals surface area contributed by atoms with Crippen molar-refractivity contribution >= 4 is 11.8 Å². The average molecular weight is 295 g/mol. The van der Waals surface area contributed by atoms with Crippen LogP contribution in [0.15, 0.2) is 0 Å². The molecule has 21 heavy (non-hydrogen) atoms. The molecule has 1 N–H and O–H groups in total. The van der Waals surface area contributed by atoms with E-state index in [0.29, 0.717) is 6.04 Å². The van der Waals surface area contributed by atoms with Crippen molar-refractivity contribution in [2.24, 2.45) is 5.92 Å². The second kappa shape index (κ2) is 7.78. The zero-order valence-electron chi connectivity index (χ0n) is 13.4. The molecule has 2 amide bonds. The highest BCUT2D eigenvalue weighted by atomic mass is 16.2. The van der Waals surface area contributed by atoms with Crippen LogP contribution in [-0.4, -0.2) is 60.4 Å². The number of amides is 2. The predicted molar refractivity (Wildman–Crippen MR) is 82.9 cm³/mol. The lowest BCUT2D eigenvalue weighted by Gasteiger charge is -2.34. The fourth-order valence-corrected chi connectivity index (χ4v) is 3.41. The molecule has 0 radical (unpaired) electrons. The maximum Gasteiger partial charge on any atom is 0.223 e. The molecule has 2 saturated heterocycles. The number of rotatable bonds is 4. The van der Waals surface area contributed by atoms with Crippen molar-refractivity contribution in [3.05, 3.63) is 0 Å². The molecular formula is C16H29N3O2. The van der Waals surface area contributed by atoms with Crippen molar-refractivity contribution in [1.29, 1.82) is 0 Å². The second-order valence-electron chi connectivity index (χ2n) is 6.45. The van der Waals surface area contributed by atoms with Gasteiger partial charge in [0.2, 0.25) is 11.8 Å². The summed E-state index contributed by atoms with van der Waals surface area (Å²) in [5, 5.41) is 3.08. The van der Waals surface area contributed by atoms with E-state index >= 15 is 0 Å². The summed E-state index contributed by atoms with van der Waals surface area (Å²) in [6, 6.07) is 0.648. The van der Waals surface area contributed by atoms with E-state index in [9.17, 15) is 9.59 Å². The van der Waals surface area contributed by atoms with Crippen LogP contribution in [0.5, 0.6) is 0 Å². The Morgan fingerprint density at radius 3 is 2.43 bits per heavy atom. The molecule has 0 aromatic heterocycles. The molecule has 120 valence electrons. The fourth-order valence-electron chi connectivity index (χ4n) is 3.41. The van der Waals surface area contributed by atoms with Gasteiger partial charge in [0.25, 0.3) is 0 Å². The Bertz CT molecular complexity index is 365. The van der Waals surface area contributed by atoms with Gasteiger partial charge < -0.3 is 10.2 Å². The molecule has 1 unspecified atom stereocenters. The SMILES string of the molecule is CC(=O)N1CCC(C(=O)NCCN2CCCCC2C)CC1. The Morgan fingerprint density at radius 1 is 1.10 bits per heavy atom. The van der Waals surface area contributed by atoms with E-state index in [0.717, 1.165) is 45.6 Å². The van der Waals surface area contributed by atoms with Gasteiger partial charge in [0, 0.05) is 45.1 Å². The molecule has 2 heterocycles. The first kappa shape index (κ1) is 16.3. The van der Waals surface area contributed by atoms with Gasteiger partial charge in [0.1, 0.15) is 0 Å². The molecule has 5 nitrogen and oxygen atoms in total. The molecular weight excluding hydrogens is 266 g/mol. The van der Waals surface area contributed by atoms with Crippen molar-refractivity contribution < 1.29 is 9.59 Å². The fraction of sp³-hybridized carbons (Fsp3) is 0.875. The van der Waals surface area contributed by atoms with Gasteiger partial charge in [0.15, 0.2) is 0 Å². The van der Waals surface area contributed by atoms with Gasteiger partial charge in [-0.05, 0) is 39.2 Å². The zero-order valence-corrected chi connectivity index (χ0v) is 13.4. The maximum atomic E-state index is 12.2. The summed E-state index contributed by atoms with van der Waals surface area (Å²) in [4.78, 5) is 27.7. The van der Waals surface area contributed by atoms with Crippen LogP contribution in [0.2, 0.25) is 0 Å². The first-order valence-electron chi connectivity index (χ1n) is 8.35. The van der Waals surface area contributed by atoms with Gasteiger partial charge >= 0.3 is 0 Å². The van der Waals surface area contributed by atoms with Crippen LogP contribution < -0.4 is 5.32 Å². The highest BCUT2D eigenvalue weighted by Gasteiger charge is 2.26. The summed E-state index contributed by atoms with van der Waals surface area (Å²) in [7, 11) is 0. The first-order valence-corrected chi connectivity index (χ1v) is 8.35. The van der Waals surface area contributed by atoms with Crippen molar-refractivity contribution in [3.8, 4) is 0 Å². The Labute approximate surface area is 128 Å². The van der Waals surface area contributed by atoms with Crippen LogP contribution in [0, 0.1) is 5.92 Å². The largest absolute Gasteiger partial charge is 0.355 e. The van der Waals surface area contributed by atoms with Crippen LogP contribution in [0.3, 0.4) is 0 Å². The van der Waals surface area contributed by atoms with Gasteiger partial charge in [-0.2, -0.15) is 0 Å². The number of carbonyl (C=O) groups excluding carboxylic acids is 2. The van der Waals surface area contributed by atoms with E-state index in [2.05, 4.69) is 17.1 Å². The summed E-state index contributed by atoms with van der Waals surface area (Å²) in [5.74, 6) is 0.371. The highest BCUT2D eigenvalue weighted by Crippen LogP contribution is 2.18. The van der Waals surface area contributed by atoms with Crippen molar-refractivity contribution in [1.82, 2.24) is 15.1 Å². The minimum Gasteiger partial charge on any atom is -0.355 e. The lowest BCUT2D eigenvalue weighted by molar-refractivity contribution is -0.133. The Balaban J connectivity index is 1.65. The summed E-state index contributed by atoms with van der Waals surface area (Å²) >= 11 is 0. The molecule has 2 aliphatic rings. The molecule has 2 aliphatic heterocycles. The van der Waals surface area contributed by atoms with Gasteiger partial charge in [0.05, 0.1) is 0 Å². The van der Waals surface area contributed by atoms with E-state index in [1.807, 2.05) is 4.90 Å². The minimum atomic E-state index is 0.0828. The molecule has 2 fully saturated rings. The summed E-state index contributed by atoms with van der Waals surface area (Å²) in [5.41, 5.74) is 0. The standard InChI is InChI=1S/C16H29N3O2/c1-13-5-3-4-9-18(13)12-8-17-16(21)15-6-10-19(11-7-15)14(2)20/h13,15H,3-12H2,1-2H3,(H,17,21). The molecule has 1 atom stereocenters. The van der Waals surface area contributed by atoms with E-state index in [1.165, 1.54) is 19.3 Å². The number of carbonyl (C=O) groups is 2. The van der Waals surface area contributed by atoms with Gasteiger partial charge in [-0.15, -0.1) is 0 Å². The molecule has 0 aliphatic carbocycles. The van der Waals surface area contributed by atoms with Gasteiger partial charge in [-0.3, -0.25) is 14.5 Å². The molecule has 2 rings (SSSR count). The molecule has 0 saturated carbocycles. The van der Waals surface area contributed by atoms with Crippen LogP contribution in [0.4, 0.5) is 0 Å². The summed E-state index contributed by atoms with van der Waals surface area (Å²) < 4.78 is 0. The van der Waals surface area contributed by atoms with Crippen LogP contribution in [0.25, 0.3) is 0 Å². The molecule has 0 aromatic rings. The third-order valence-corrected chi connectivity index (χ3v) is 4.95. The number of hydrogen-bond donors (Lipinski definition) is 1. The Morgan fingerprint density at radius 2 is 1.81 bits per heavy atom. The predicted octanol–water partition coefficient (Wildman–Crippen LogP) is 1.24. The lowest BCUT2D eigenvalue weighted by Crippen LogP contribution is -2.45. The van der Waals surface area contributed by atoms with Crippen molar-refractivity contribution in [2.45, 2.75) is 52.0 Å². The third kappa shape index (κ3) is 4.70. The monoisotopic (exact) mass is 295 g/mol. The van der Waals surface area contributed by atoms with Crippen molar-refractivity contribution in [2.75, 3.05) is 32.7 Å². The molecule has 0 bridgehead atoms. The van der Waals surface area contributed by atoms with Gasteiger partial charge in [-0.1, -0.05) is 6.42 Å². The van der Waals surface area contributed by atoms with E-state index in [4.69, 9.17) is 0 Å². The summed E-state index contributed by atoms with van der Waals surface area (Å²) in [6.45, 7) is 8.18. The van der Waals surface area contributed by atoms with Gasteiger partial charge in [-0.25, -0.2) is 0 Å². The quantitative estimate of drug-likeness (QED) is 0.849. The third-order valence-electron chi connectivity index (χ3n) is 4.95. The topological polar surface area (TPSA) is 52.7 Å². The van der Waals surface area contributed by atoms with Crippen LogP contribution in [0.1, 0.15) is 46.0 Å². The number of likely N-dealkylation sites (tertiary alicyclic amines) is 2. The summed E-state index contributed by atoms with van der Waals surface area (Å²) in [6.07, 6.45) is 5.48. The number of piperidine rings is 2. The van der Waals surface area contributed by atoms with Crippen molar-refractivity contribution in [3.63, 3.8) is 0 Å². The lowest BCUT2D eigenvalue weighted by atomic mass is 9.96. The normalized spacial score (nSPS) is 24.9. The molecule has 0 aromatic carbocycles. The minimum absolute atomic E-state index is 0.0828. The van der Waals surface area contributed by atoms with Crippen LogP contribution in [-0.2, 0) is 9.59 Å². The molecule has 0 spiro atoms. The first-order chi connectivity index (χ1) is 10.1. The Kier molecular flexibility index (Phi) is 6.03. The smallest absolute Gasteiger partial charge is 0.223 e. The number of nitrogens with zero attached hydrogens (tertiary/aromatic N) is 2. The maximum absolute atomic E-state index is 12.2. The van der Waals surface area contributed by atoms with E-state index < -0.39 is 0 Å². The number of nitrogens with one attached hydrogen (secondary N) is 1.